The van der Waals surface area contributed by atoms with Crippen molar-refractivity contribution in [2.75, 3.05) is 13.2 Å². The fourth-order valence-corrected chi connectivity index (χ4v) is 3.24. The molecule has 0 spiro atoms. The maximum absolute atomic E-state index is 12.7. The minimum absolute atomic E-state index is 0.0397. The Bertz CT molecular complexity index is 593. The predicted octanol–water partition coefficient (Wildman–Crippen LogP) is 6.05. The number of esters is 1. The highest BCUT2D eigenvalue weighted by atomic mass is 16.5. The summed E-state index contributed by atoms with van der Waals surface area (Å²) in [5.74, 6) is 0.643. The number of carbonyl (C=O) groups is 1. The lowest BCUT2D eigenvalue weighted by atomic mass is 9.75. The largest absolute Gasteiger partial charge is 0.465 e. The maximum atomic E-state index is 12.7. The molecule has 1 aromatic carbocycles. The normalized spacial score (nSPS) is 15.7. The van der Waals surface area contributed by atoms with Crippen LogP contribution in [0.25, 0.3) is 0 Å². The van der Waals surface area contributed by atoms with Gasteiger partial charge in [0.2, 0.25) is 0 Å². The van der Waals surface area contributed by atoms with Crippen molar-refractivity contribution in [1.29, 1.82) is 0 Å². The van der Waals surface area contributed by atoms with Gasteiger partial charge in [-0.25, -0.2) is 0 Å². The predicted molar refractivity (Wildman–Crippen MR) is 117 cm³/mol. The maximum Gasteiger partial charge on any atom is 0.311 e. The third-order valence-corrected chi connectivity index (χ3v) is 5.55. The Labute approximate surface area is 171 Å². The molecule has 0 heterocycles. The second-order valence-electron chi connectivity index (χ2n) is 7.94. The molecular weight excluding hydrogens is 348 g/mol. The summed E-state index contributed by atoms with van der Waals surface area (Å²) in [6.07, 6.45) is 11.5. The van der Waals surface area contributed by atoms with Crippen molar-refractivity contribution in [2.45, 2.75) is 65.2 Å². The van der Waals surface area contributed by atoms with Gasteiger partial charge in [-0.05, 0) is 56.4 Å². The number of hydrogen-bond acceptors (Lipinski definition) is 3. The molecule has 156 valence electrons. The first-order chi connectivity index (χ1) is 13.5. The first-order valence-electron chi connectivity index (χ1n) is 10.6. The third kappa shape index (κ3) is 8.43. The molecule has 0 amide bonds. The van der Waals surface area contributed by atoms with Gasteiger partial charge < -0.3 is 9.84 Å². The molecule has 3 heteroatoms. The topological polar surface area (TPSA) is 46.5 Å². The van der Waals surface area contributed by atoms with Gasteiger partial charge in [-0.2, -0.15) is 0 Å². The van der Waals surface area contributed by atoms with Gasteiger partial charge in [0.1, 0.15) is 0 Å². The highest BCUT2D eigenvalue weighted by Crippen LogP contribution is 2.38. The summed E-state index contributed by atoms with van der Waals surface area (Å²) in [6, 6.07) is 10.4. The lowest BCUT2D eigenvalue weighted by molar-refractivity contribution is -0.156. The minimum Gasteiger partial charge on any atom is -0.465 e. The van der Waals surface area contributed by atoms with Crippen molar-refractivity contribution in [1.82, 2.24) is 0 Å². The highest BCUT2D eigenvalue weighted by Gasteiger charge is 2.35. The Morgan fingerprint density at radius 3 is 2.61 bits per heavy atom. The van der Waals surface area contributed by atoms with Gasteiger partial charge in [0.25, 0.3) is 0 Å². The van der Waals surface area contributed by atoms with E-state index in [1.807, 2.05) is 26.0 Å². The molecule has 0 fully saturated rings. The Morgan fingerprint density at radius 1 is 1.29 bits per heavy atom. The quantitative estimate of drug-likeness (QED) is 0.240. The molecule has 28 heavy (non-hydrogen) atoms. The number of rotatable bonds is 14. The van der Waals surface area contributed by atoms with E-state index in [1.165, 1.54) is 5.56 Å². The number of aliphatic hydroxyl groups is 1. The van der Waals surface area contributed by atoms with Gasteiger partial charge in [0.05, 0.1) is 12.0 Å². The standard InChI is InChI=1S/C25H38O3/c1-5-21(3)14-9-7-12-17-23(22-15-10-8-11-16-22)20-25(4,6-2)24(27)28-19-13-18-26/h5,7-8,10-12,15-16,21,23,26H,1,6,9,13-14,17-20H2,2-4H3. The molecule has 3 unspecified atom stereocenters. The molecular formula is C25H38O3. The van der Waals surface area contributed by atoms with Crippen molar-refractivity contribution >= 4 is 5.97 Å². The number of benzene rings is 1. The van der Waals surface area contributed by atoms with Crippen LogP contribution in [0.5, 0.6) is 0 Å². The fraction of sp³-hybridized carbons (Fsp3) is 0.560. The Kier molecular flexibility index (Phi) is 11.5. The molecule has 0 bridgehead atoms. The first kappa shape index (κ1) is 24.2. The number of carbonyl (C=O) groups excluding carboxylic acids is 1. The zero-order valence-corrected chi connectivity index (χ0v) is 17.9. The molecule has 0 aliphatic rings. The van der Waals surface area contributed by atoms with E-state index in [0.29, 0.717) is 12.3 Å². The first-order valence-corrected chi connectivity index (χ1v) is 10.6. The van der Waals surface area contributed by atoms with Gasteiger partial charge in [-0.1, -0.05) is 62.4 Å². The van der Waals surface area contributed by atoms with Crippen LogP contribution in [-0.2, 0) is 9.53 Å². The van der Waals surface area contributed by atoms with E-state index in [9.17, 15) is 4.79 Å². The Morgan fingerprint density at radius 2 is 2.00 bits per heavy atom. The number of ether oxygens (including phenoxy) is 1. The van der Waals surface area contributed by atoms with Crippen molar-refractivity contribution in [3.63, 3.8) is 0 Å². The summed E-state index contributed by atoms with van der Waals surface area (Å²) in [7, 11) is 0. The van der Waals surface area contributed by atoms with Crippen molar-refractivity contribution in [3.05, 3.63) is 60.7 Å². The van der Waals surface area contributed by atoms with Crippen molar-refractivity contribution < 1.29 is 14.6 Å². The lowest BCUT2D eigenvalue weighted by Gasteiger charge is -2.30. The monoisotopic (exact) mass is 386 g/mol. The summed E-state index contributed by atoms with van der Waals surface area (Å²) in [4.78, 5) is 12.7. The van der Waals surface area contributed by atoms with Crippen LogP contribution in [0.15, 0.2) is 55.1 Å². The van der Waals surface area contributed by atoms with Crippen molar-refractivity contribution in [2.24, 2.45) is 11.3 Å². The molecule has 0 aliphatic heterocycles. The van der Waals surface area contributed by atoms with E-state index < -0.39 is 5.41 Å². The van der Waals surface area contributed by atoms with Crippen LogP contribution >= 0.6 is 0 Å². The van der Waals surface area contributed by atoms with Crippen LogP contribution < -0.4 is 0 Å². The smallest absolute Gasteiger partial charge is 0.311 e. The summed E-state index contributed by atoms with van der Waals surface area (Å²) < 4.78 is 5.43. The van der Waals surface area contributed by atoms with Crippen LogP contribution in [0.3, 0.4) is 0 Å². The number of allylic oxidation sites excluding steroid dienone is 3. The molecule has 0 saturated carbocycles. The Balaban J connectivity index is 2.82. The van der Waals surface area contributed by atoms with Crippen LogP contribution in [0, 0.1) is 11.3 Å². The zero-order valence-electron chi connectivity index (χ0n) is 17.9. The van der Waals surface area contributed by atoms with Gasteiger partial charge in [-0.15, -0.1) is 6.58 Å². The second-order valence-corrected chi connectivity index (χ2v) is 7.94. The van der Waals surface area contributed by atoms with E-state index in [-0.39, 0.29) is 25.1 Å². The van der Waals surface area contributed by atoms with Crippen molar-refractivity contribution in [3.8, 4) is 0 Å². The third-order valence-electron chi connectivity index (χ3n) is 5.55. The fourth-order valence-electron chi connectivity index (χ4n) is 3.24. The average molecular weight is 387 g/mol. The van der Waals surface area contributed by atoms with Gasteiger partial charge in [-0.3, -0.25) is 4.79 Å². The molecule has 0 radical (unpaired) electrons. The van der Waals surface area contributed by atoms with Gasteiger partial charge >= 0.3 is 5.97 Å². The van der Waals surface area contributed by atoms with E-state index in [0.717, 1.165) is 32.1 Å². The molecule has 3 atom stereocenters. The zero-order chi connectivity index (χ0) is 20.8. The van der Waals surface area contributed by atoms with Gasteiger partial charge in [0, 0.05) is 13.0 Å². The molecule has 1 rings (SSSR count). The second kappa shape index (κ2) is 13.3. The SMILES string of the molecule is C=CC(C)CCC=CCC(CC(C)(CC)C(=O)OCCCO)c1ccccc1. The van der Waals surface area contributed by atoms with Crippen LogP contribution in [0.4, 0.5) is 0 Å². The van der Waals surface area contributed by atoms with E-state index in [1.54, 1.807) is 0 Å². The molecule has 0 aliphatic carbocycles. The van der Waals surface area contributed by atoms with E-state index in [4.69, 9.17) is 9.84 Å². The number of hydrogen-bond donors (Lipinski definition) is 1. The van der Waals surface area contributed by atoms with Crippen LogP contribution in [0.1, 0.15) is 70.8 Å². The Hall–Kier alpha value is -1.87. The molecule has 0 aromatic heterocycles. The summed E-state index contributed by atoms with van der Waals surface area (Å²) in [6.45, 7) is 10.4. The summed E-state index contributed by atoms with van der Waals surface area (Å²) in [5, 5.41) is 8.92. The van der Waals surface area contributed by atoms with Gasteiger partial charge in [0.15, 0.2) is 0 Å². The minimum atomic E-state index is -0.527. The highest BCUT2D eigenvalue weighted by molar-refractivity contribution is 5.76. The lowest BCUT2D eigenvalue weighted by Crippen LogP contribution is -2.31. The molecule has 3 nitrogen and oxygen atoms in total. The van der Waals surface area contributed by atoms with E-state index >= 15 is 0 Å². The molecule has 0 saturated heterocycles. The average Bonchev–Trinajstić information content (AvgIpc) is 2.72. The van der Waals surface area contributed by atoms with Crippen LogP contribution in [-0.4, -0.2) is 24.3 Å². The molecule has 1 N–H and O–H groups in total. The number of aliphatic hydroxyl groups excluding tert-OH is 1. The van der Waals surface area contributed by atoms with Crippen LogP contribution in [0.2, 0.25) is 0 Å². The summed E-state index contributed by atoms with van der Waals surface area (Å²) in [5.41, 5.74) is 0.732. The summed E-state index contributed by atoms with van der Waals surface area (Å²) >= 11 is 0. The van der Waals surface area contributed by atoms with E-state index in [2.05, 4.69) is 49.9 Å². The molecule has 1 aromatic rings.